The Morgan fingerprint density at radius 3 is 2.80 bits per heavy atom. The second-order valence-electron chi connectivity index (χ2n) is 4.27. The number of pyridine rings is 1. The van der Waals surface area contributed by atoms with Crippen LogP contribution in [-0.4, -0.2) is 52.8 Å². The van der Waals surface area contributed by atoms with Gasteiger partial charge in [-0.25, -0.2) is 18.2 Å². The number of rotatable bonds is 3. The van der Waals surface area contributed by atoms with Gasteiger partial charge in [0.15, 0.2) is 0 Å². The first-order valence-electron chi connectivity index (χ1n) is 5.65. The third-order valence-electron chi connectivity index (χ3n) is 3.07. The molecule has 1 aromatic heterocycles. The molecule has 2 heterocycles. The largest absolute Gasteiger partial charge is 0.465 e. The summed E-state index contributed by atoms with van der Waals surface area (Å²) < 4.78 is 24.7. The van der Waals surface area contributed by atoms with Crippen LogP contribution in [0, 0.1) is 10.1 Å². The van der Waals surface area contributed by atoms with Crippen molar-refractivity contribution >= 4 is 21.6 Å². The first-order chi connectivity index (χ1) is 9.34. The van der Waals surface area contributed by atoms with Crippen molar-refractivity contribution in [2.75, 3.05) is 13.1 Å². The molecule has 0 bridgehead atoms. The Hall–Kier alpha value is -2.23. The fourth-order valence-corrected chi connectivity index (χ4v) is 3.80. The van der Waals surface area contributed by atoms with Crippen molar-refractivity contribution in [1.29, 1.82) is 0 Å². The van der Waals surface area contributed by atoms with Gasteiger partial charge in [-0.15, -0.1) is 0 Å². The maximum Gasteiger partial charge on any atom is 0.407 e. The zero-order valence-corrected chi connectivity index (χ0v) is 11.0. The molecule has 9 nitrogen and oxygen atoms in total. The van der Waals surface area contributed by atoms with Crippen molar-refractivity contribution in [3.05, 3.63) is 28.4 Å². The number of carbonyl (C=O) groups is 1. The molecule has 0 unspecified atom stereocenters. The Morgan fingerprint density at radius 1 is 1.55 bits per heavy atom. The van der Waals surface area contributed by atoms with Crippen LogP contribution in [0.3, 0.4) is 0 Å². The number of hydrogen-bond donors (Lipinski definition) is 1. The van der Waals surface area contributed by atoms with Crippen molar-refractivity contribution in [2.24, 2.45) is 0 Å². The number of amides is 1. The molecule has 0 spiro atoms. The SMILES string of the molecule is O=C(O)N1CC[C@H](S(=O)(=O)c2ncccc2[N+](=O)[O-])C1. The highest BCUT2D eigenvalue weighted by Crippen LogP contribution is 2.28. The van der Waals surface area contributed by atoms with Gasteiger partial charge in [0.2, 0.25) is 14.9 Å². The van der Waals surface area contributed by atoms with Crippen LogP contribution in [0.1, 0.15) is 6.42 Å². The summed E-state index contributed by atoms with van der Waals surface area (Å²) in [6.45, 7) is -0.120. The van der Waals surface area contributed by atoms with Crippen LogP contribution in [0.5, 0.6) is 0 Å². The minimum atomic E-state index is -4.04. The van der Waals surface area contributed by atoms with E-state index in [0.29, 0.717) is 0 Å². The van der Waals surface area contributed by atoms with E-state index in [2.05, 4.69) is 4.98 Å². The number of hydrogen-bond acceptors (Lipinski definition) is 6. The standard InChI is InChI=1S/C10H11N3O6S/c14-10(15)12-5-3-7(6-12)20(18,19)9-8(13(16)17)2-1-4-11-9/h1-2,4,7H,3,5-6H2,(H,14,15)/t7-/m0/s1. The molecule has 1 N–H and O–H groups in total. The third kappa shape index (κ3) is 2.41. The van der Waals surface area contributed by atoms with Gasteiger partial charge in [0.05, 0.1) is 10.2 Å². The van der Waals surface area contributed by atoms with Gasteiger partial charge in [-0.3, -0.25) is 10.1 Å². The van der Waals surface area contributed by atoms with E-state index in [1.807, 2.05) is 0 Å². The lowest BCUT2D eigenvalue weighted by Gasteiger charge is -2.12. The van der Waals surface area contributed by atoms with Gasteiger partial charge in [-0.2, -0.15) is 0 Å². The van der Waals surface area contributed by atoms with Crippen LogP contribution >= 0.6 is 0 Å². The molecule has 2 rings (SSSR count). The Labute approximate surface area is 113 Å². The average molecular weight is 301 g/mol. The summed E-state index contributed by atoms with van der Waals surface area (Å²) in [5.74, 6) is 0. The molecule has 1 aliphatic rings. The highest BCUT2D eigenvalue weighted by molar-refractivity contribution is 7.92. The Bertz CT molecular complexity index is 659. The van der Waals surface area contributed by atoms with Crippen LogP contribution in [0.2, 0.25) is 0 Å². The summed E-state index contributed by atoms with van der Waals surface area (Å²) in [6.07, 6.45) is 0.0461. The monoisotopic (exact) mass is 301 g/mol. The van der Waals surface area contributed by atoms with E-state index < -0.39 is 36.8 Å². The lowest BCUT2D eigenvalue weighted by Crippen LogP contribution is -2.31. The maximum absolute atomic E-state index is 12.3. The Balaban J connectivity index is 2.37. The fourth-order valence-electron chi connectivity index (χ4n) is 2.05. The minimum Gasteiger partial charge on any atom is -0.465 e. The van der Waals surface area contributed by atoms with Gasteiger partial charge in [0, 0.05) is 25.4 Å². The number of carboxylic acid groups (broad SMARTS) is 1. The molecule has 0 saturated carbocycles. The van der Waals surface area contributed by atoms with Crippen molar-refractivity contribution in [2.45, 2.75) is 16.7 Å². The van der Waals surface area contributed by atoms with Crippen LogP contribution in [0.25, 0.3) is 0 Å². The van der Waals surface area contributed by atoms with E-state index in [-0.39, 0.29) is 19.5 Å². The summed E-state index contributed by atoms with van der Waals surface area (Å²) in [5.41, 5.74) is -0.596. The second-order valence-corrected chi connectivity index (χ2v) is 6.41. The van der Waals surface area contributed by atoms with E-state index in [0.717, 1.165) is 17.2 Å². The maximum atomic E-state index is 12.3. The van der Waals surface area contributed by atoms with Gasteiger partial charge in [-0.05, 0) is 12.5 Å². The van der Waals surface area contributed by atoms with Crippen molar-refractivity contribution in [1.82, 2.24) is 9.88 Å². The van der Waals surface area contributed by atoms with E-state index in [1.54, 1.807) is 0 Å². The van der Waals surface area contributed by atoms with Crippen LogP contribution in [0.4, 0.5) is 10.5 Å². The molecule has 108 valence electrons. The van der Waals surface area contributed by atoms with Crippen LogP contribution < -0.4 is 0 Å². The first-order valence-corrected chi connectivity index (χ1v) is 7.20. The molecule has 20 heavy (non-hydrogen) atoms. The molecule has 1 saturated heterocycles. The lowest BCUT2D eigenvalue weighted by molar-refractivity contribution is -0.388. The number of aromatic nitrogens is 1. The Kier molecular flexibility index (Phi) is 3.57. The summed E-state index contributed by atoms with van der Waals surface area (Å²) >= 11 is 0. The highest BCUT2D eigenvalue weighted by Gasteiger charge is 2.40. The topological polar surface area (TPSA) is 131 Å². The highest BCUT2D eigenvalue weighted by atomic mass is 32.2. The van der Waals surface area contributed by atoms with Gasteiger partial charge >= 0.3 is 11.8 Å². The average Bonchev–Trinajstić information content (AvgIpc) is 2.89. The lowest BCUT2D eigenvalue weighted by atomic mass is 10.4. The summed E-state index contributed by atoms with van der Waals surface area (Å²) in [6, 6.07) is 2.33. The summed E-state index contributed by atoms with van der Waals surface area (Å²) in [5, 5.41) is 18.1. The minimum absolute atomic E-state index is 0.0832. The second kappa shape index (κ2) is 5.04. The van der Waals surface area contributed by atoms with E-state index >= 15 is 0 Å². The number of sulfone groups is 1. The Morgan fingerprint density at radius 2 is 2.25 bits per heavy atom. The molecule has 0 aromatic carbocycles. The molecule has 0 aliphatic carbocycles. The van der Waals surface area contributed by atoms with E-state index in [4.69, 9.17) is 5.11 Å². The van der Waals surface area contributed by atoms with Gasteiger partial charge in [0.1, 0.15) is 0 Å². The zero-order chi connectivity index (χ0) is 14.9. The van der Waals surface area contributed by atoms with Gasteiger partial charge in [0.25, 0.3) is 0 Å². The predicted molar refractivity (Wildman–Crippen MR) is 66.1 cm³/mol. The van der Waals surface area contributed by atoms with Crippen LogP contribution in [0.15, 0.2) is 23.4 Å². The summed E-state index contributed by atoms with van der Waals surface area (Å²) in [7, 11) is -4.04. The number of likely N-dealkylation sites (tertiary alicyclic amines) is 1. The number of nitrogens with zero attached hydrogens (tertiary/aromatic N) is 3. The quantitative estimate of drug-likeness (QED) is 0.635. The third-order valence-corrected chi connectivity index (χ3v) is 5.19. The van der Waals surface area contributed by atoms with E-state index in [9.17, 15) is 23.3 Å². The smallest absolute Gasteiger partial charge is 0.407 e. The molecular formula is C10H11N3O6S. The fraction of sp³-hybridized carbons (Fsp3) is 0.400. The molecule has 1 aliphatic heterocycles. The van der Waals surface area contributed by atoms with Gasteiger partial charge < -0.3 is 10.0 Å². The normalized spacial score (nSPS) is 19.0. The van der Waals surface area contributed by atoms with Gasteiger partial charge in [-0.1, -0.05) is 0 Å². The predicted octanol–water partition coefficient (Wildman–Crippen LogP) is 0.516. The van der Waals surface area contributed by atoms with Crippen molar-refractivity contribution in [3.63, 3.8) is 0 Å². The first kappa shape index (κ1) is 14.2. The molecule has 10 heteroatoms. The number of nitro groups is 1. The molecule has 1 atom stereocenters. The van der Waals surface area contributed by atoms with Crippen LogP contribution in [-0.2, 0) is 9.84 Å². The van der Waals surface area contributed by atoms with E-state index in [1.165, 1.54) is 6.07 Å². The summed E-state index contributed by atoms with van der Waals surface area (Å²) in [4.78, 5) is 25.4. The molecule has 1 aromatic rings. The van der Waals surface area contributed by atoms with Crippen molar-refractivity contribution < 1.29 is 23.2 Å². The molecular weight excluding hydrogens is 290 g/mol. The molecule has 1 amide bonds. The zero-order valence-electron chi connectivity index (χ0n) is 10.2. The molecule has 0 radical (unpaired) electrons. The van der Waals surface area contributed by atoms with Crippen molar-refractivity contribution in [3.8, 4) is 0 Å². The molecule has 1 fully saturated rings.